The van der Waals surface area contributed by atoms with Crippen molar-refractivity contribution in [2.45, 2.75) is 17.9 Å². The SMILES string of the molecule is COc1nc2ccc(Br)cc2cc1[C@@H](c1ccccc1)[C@@](O)(CCN(C)C)c1ccc2ccccc2c1. The Bertz CT molecular complexity index is 1540. The Labute approximate surface area is 226 Å². The molecule has 4 aromatic carbocycles. The summed E-state index contributed by atoms with van der Waals surface area (Å²) in [5, 5.41) is 16.1. The normalized spacial score (nSPS) is 14.1. The van der Waals surface area contributed by atoms with Gasteiger partial charge in [-0.15, -0.1) is 0 Å². The van der Waals surface area contributed by atoms with Crippen molar-refractivity contribution in [3.05, 3.63) is 118 Å². The van der Waals surface area contributed by atoms with E-state index in [1.807, 2.05) is 56.6 Å². The van der Waals surface area contributed by atoms with Gasteiger partial charge in [0.05, 0.1) is 12.6 Å². The lowest BCUT2D eigenvalue weighted by molar-refractivity contribution is 0.00392. The lowest BCUT2D eigenvalue weighted by atomic mass is 9.71. The molecule has 188 valence electrons. The average molecular weight is 556 g/mol. The highest BCUT2D eigenvalue weighted by Gasteiger charge is 2.42. The van der Waals surface area contributed by atoms with E-state index < -0.39 is 11.5 Å². The molecule has 37 heavy (non-hydrogen) atoms. The molecular weight excluding hydrogens is 524 g/mol. The van der Waals surface area contributed by atoms with E-state index in [2.05, 4.69) is 75.4 Å². The maximum atomic E-state index is 12.9. The van der Waals surface area contributed by atoms with Crippen LogP contribution in [0.1, 0.15) is 29.0 Å². The number of hydrogen-bond donors (Lipinski definition) is 1. The van der Waals surface area contributed by atoms with Crippen molar-refractivity contribution < 1.29 is 9.84 Å². The second-order valence-corrected chi connectivity index (χ2v) is 10.7. The van der Waals surface area contributed by atoms with Gasteiger partial charge in [0.1, 0.15) is 5.60 Å². The van der Waals surface area contributed by atoms with Gasteiger partial charge in [-0.25, -0.2) is 4.98 Å². The molecule has 0 amide bonds. The van der Waals surface area contributed by atoms with E-state index in [-0.39, 0.29) is 0 Å². The van der Waals surface area contributed by atoms with Crippen LogP contribution < -0.4 is 4.74 Å². The number of aliphatic hydroxyl groups is 1. The Morgan fingerprint density at radius 3 is 2.32 bits per heavy atom. The minimum absolute atomic E-state index is 0.416. The van der Waals surface area contributed by atoms with Crippen molar-refractivity contribution in [2.24, 2.45) is 0 Å². The van der Waals surface area contributed by atoms with E-state index in [4.69, 9.17) is 9.72 Å². The maximum Gasteiger partial charge on any atom is 0.217 e. The van der Waals surface area contributed by atoms with Crippen LogP contribution in [0.5, 0.6) is 5.88 Å². The van der Waals surface area contributed by atoms with Crippen LogP contribution >= 0.6 is 15.9 Å². The highest BCUT2D eigenvalue weighted by molar-refractivity contribution is 9.10. The first-order valence-corrected chi connectivity index (χ1v) is 13.2. The molecule has 0 fully saturated rings. The number of nitrogens with zero attached hydrogens (tertiary/aromatic N) is 2. The van der Waals surface area contributed by atoms with E-state index in [0.717, 1.165) is 42.8 Å². The first kappa shape index (κ1) is 25.4. The van der Waals surface area contributed by atoms with Crippen LogP contribution in [-0.4, -0.2) is 42.7 Å². The highest BCUT2D eigenvalue weighted by atomic mass is 79.9. The molecule has 1 heterocycles. The van der Waals surface area contributed by atoms with Gasteiger partial charge < -0.3 is 14.7 Å². The van der Waals surface area contributed by atoms with Gasteiger partial charge in [0.15, 0.2) is 0 Å². The topological polar surface area (TPSA) is 45.6 Å². The largest absolute Gasteiger partial charge is 0.481 e. The van der Waals surface area contributed by atoms with Crippen LogP contribution in [0.4, 0.5) is 0 Å². The summed E-state index contributed by atoms with van der Waals surface area (Å²) in [4.78, 5) is 6.98. The molecule has 0 saturated heterocycles. The molecule has 1 N–H and O–H groups in total. The van der Waals surface area contributed by atoms with Gasteiger partial charge in [-0.3, -0.25) is 0 Å². The van der Waals surface area contributed by atoms with Crippen molar-refractivity contribution in [1.29, 1.82) is 0 Å². The fraction of sp³-hybridized carbons (Fsp3) is 0.219. The number of fused-ring (bicyclic) bond motifs is 2. The van der Waals surface area contributed by atoms with Gasteiger partial charge in [0.2, 0.25) is 5.88 Å². The zero-order valence-corrected chi connectivity index (χ0v) is 22.9. The summed E-state index contributed by atoms with van der Waals surface area (Å²) in [5.41, 5.74) is 2.35. The molecule has 0 unspecified atom stereocenters. The van der Waals surface area contributed by atoms with E-state index in [0.29, 0.717) is 18.8 Å². The van der Waals surface area contributed by atoms with Crippen LogP contribution in [0.3, 0.4) is 0 Å². The molecular formula is C32H31BrN2O2. The molecule has 4 nitrogen and oxygen atoms in total. The zero-order chi connectivity index (χ0) is 26.0. The van der Waals surface area contributed by atoms with Crippen molar-refractivity contribution in [3.8, 4) is 5.88 Å². The van der Waals surface area contributed by atoms with E-state index >= 15 is 0 Å². The molecule has 0 aliphatic heterocycles. The number of hydrogen-bond acceptors (Lipinski definition) is 4. The van der Waals surface area contributed by atoms with Crippen LogP contribution in [0.15, 0.2) is 102 Å². The van der Waals surface area contributed by atoms with E-state index in [1.165, 1.54) is 0 Å². The smallest absolute Gasteiger partial charge is 0.217 e. The summed E-state index contributed by atoms with van der Waals surface area (Å²) in [5.74, 6) is 0.105. The van der Waals surface area contributed by atoms with Crippen LogP contribution in [0.2, 0.25) is 0 Å². The molecule has 0 aliphatic carbocycles. The number of benzene rings is 4. The van der Waals surface area contributed by atoms with Crippen LogP contribution in [0, 0.1) is 0 Å². The predicted molar refractivity (Wildman–Crippen MR) is 155 cm³/mol. The minimum atomic E-state index is -1.23. The second-order valence-electron chi connectivity index (χ2n) is 9.81. The molecule has 0 spiro atoms. The number of aromatic nitrogens is 1. The van der Waals surface area contributed by atoms with Crippen molar-refractivity contribution in [3.63, 3.8) is 0 Å². The lowest BCUT2D eigenvalue weighted by Gasteiger charge is -2.39. The molecule has 5 aromatic rings. The molecule has 5 rings (SSSR count). The third kappa shape index (κ3) is 5.12. The monoisotopic (exact) mass is 554 g/mol. The molecule has 0 bridgehead atoms. The third-order valence-corrected chi connectivity index (χ3v) is 7.57. The average Bonchev–Trinajstić information content (AvgIpc) is 2.92. The zero-order valence-electron chi connectivity index (χ0n) is 21.4. The highest BCUT2D eigenvalue weighted by Crippen LogP contribution is 2.47. The van der Waals surface area contributed by atoms with Crippen molar-refractivity contribution in [1.82, 2.24) is 9.88 Å². The van der Waals surface area contributed by atoms with Gasteiger partial charge in [-0.05, 0) is 72.7 Å². The standard InChI is InChI=1S/C32H31BrN2O2/c1-35(2)18-17-32(36,26-14-13-22-9-7-8-12-24(22)19-26)30(23-10-5-4-6-11-23)28-21-25-20-27(33)15-16-29(25)34-31(28)37-3/h4-16,19-21,30,36H,17-18H2,1-3H3/t30-,32-/m1/s1. The Morgan fingerprint density at radius 2 is 1.59 bits per heavy atom. The van der Waals surface area contributed by atoms with Gasteiger partial charge in [-0.2, -0.15) is 0 Å². The Morgan fingerprint density at radius 1 is 0.865 bits per heavy atom. The van der Waals surface area contributed by atoms with Crippen molar-refractivity contribution >= 4 is 37.6 Å². The van der Waals surface area contributed by atoms with Gasteiger partial charge in [-0.1, -0.05) is 82.7 Å². The first-order valence-electron chi connectivity index (χ1n) is 12.4. The van der Waals surface area contributed by atoms with Gasteiger partial charge in [0, 0.05) is 27.9 Å². The maximum absolute atomic E-state index is 12.9. The number of halogens is 1. The Hall–Kier alpha value is -3.25. The lowest BCUT2D eigenvalue weighted by Crippen LogP contribution is -2.37. The predicted octanol–water partition coefficient (Wildman–Crippen LogP) is 7.13. The fourth-order valence-corrected chi connectivity index (χ4v) is 5.56. The number of rotatable bonds is 8. The summed E-state index contributed by atoms with van der Waals surface area (Å²) < 4.78 is 6.85. The molecule has 0 aliphatic rings. The van der Waals surface area contributed by atoms with Crippen molar-refractivity contribution in [2.75, 3.05) is 27.7 Å². The van der Waals surface area contributed by atoms with Gasteiger partial charge >= 0.3 is 0 Å². The van der Waals surface area contributed by atoms with Crippen LogP contribution in [-0.2, 0) is 5.60 Å². The summed E-state index contributed by atoms with van der Waals surface area (Å²) in [7, 11) is 5.72. The quantitative estimate of drug-likeness (QED) is 0.221. The molecule has 0 radical (unpaired) electrons. The number of methoxy groups -OCH3 is 1. The summed E-state index contributed by atoms with van der Waals surface area (Å²) in [6, 6.07) is 32.9. The second kappa shape index (κ2) is 10.6. The fourth-order valence-electron chi connectivity index (χ4n) is 5.18. The summed E-state index contributed by atoms with van der Waals surface area (Å²) in [6.45, 7) is 0.710. The van der Waals surface area contributed by atoms with E-state index in [9.17, 15) is 5.11 Å². The van der Waals surface area contributed by atoms with Gasteiger partial charge in [0.25, 0.3) is 0 Å². The molecule has 0 saturated carbocycles. The minimum Gasteiger partial charge on any atom is -0.481 e. The Kier molecular flexibility index (Phi) is 7.29. The molecule has 2 atom stereocenters. The first-order chi connectivity index (χ1) is 17.9. The Balaban J connectivity index is 1.80. The third-order valence-electron chi connectivity index (χ3n) is 7.07. The molecule has 1 aromatic heterocycles. The number of ether oxygens (including phenoxy) is 1. The number of pyridine rings is 1. The van der Waals surface area contributed by atoms with E-state index in [1.54, 1.807) is 7.11 Å². The molecule has 5 heteroatoms. The summed E-state index contributed by atoms with van der Waals surface area (Å²) >= 11 is 3.60. The van der Waals surface area contributed by atoms with Crippen LogP contribution in [0.25, 0.3) is 21.7 Å². The summed E-state index contributed by atoms with van der Waals surface area (Å²) in [6.07, 6.45) is 0.525.